The summed E-state index contributed by atoms with van der Waals surface area (Å²) in [6.07, 6.45) is 3.58. The van der Waals surface area contributed by atoms with Crippen molar-refractivity contribution >= 4 is 23.1 Å². The van der Waals surface area contributed by atoms with Crippen molar-refractivity contribution in [3.8, 4) is 5.75 Å². The van der Waals surface area contributed by atoms with E-state index in [1.165, 1.54) is 0 Å². The van der Waals surface area contributed by atoms with E-state index in [0.717, 1.165) is 24.8 Å². The molecule has 3 rings (SSSR count). The Kier molecular flexibility index (Phi) is 4.07. The zero-order valence-electron chi connectivity index (χ0n) is 11.6. The smallest absolute Gasteiger partial charge is 0.258 e. The van der Waals surface area contributed by atoms with Crippen LogP contribution < -0.4 is 15.8 Å². The number of rotatable bonds is 5. The van der Waals surface area contributed by atoms with E-state index in [4.69, 9.17) is 27.4 Å². The van der Waals surface area contributed by atoms with Gasteiger partial charge in [-0.1, -0.05) is 12.2 Å². The largest absolute Gasteiger partial charge is 0.484 e. The number of amides is 1. The van der Waals surface area contributed by atoms with Crippen LogP contribution in [0.4, 0.5) is 0 Å². The zero-order chi connectivity index (χ0) is 14.8. The molecule has 2 aliphatic heterocycles. The molecule has 2 saturated heterocycles. The van der Waals surface area contributed by atoms with Gasteiger partial charge in [0.15, 0.2) is 6.61 Å². The maximum Gasteiger partial charge on any atom is 0.258 e. The lowest BCUT2D eigenvalue weighted by atomic mass is 9.95. The quantitative estimate of drug-likeness (QED) is 0.798. The third-order valence-electron chi connectivity index (χ3n) is 3.96. The van der Waals surface area contributed by atoms with Crippen LogP contribution in [0.2, 0.25) is 0 Å². The van der Waals surface area contributed by atoms with Crippen LogP contribution in [0, 0.1) is 0 Å². The molecule has 3 unspecified atom stereocenters. The van der Waals surface area contributed by atoms with Crippen LogP contribution in [0.3, 0.4) is 0 Å². The van der Waals surface area contributed by atoms with Gasteiger partial charge < -0.3 is 20.5 Å². The first kappa shape index (κ1) is 14.3. The summed E-state index contributed by atoms with van der Waals surface area (Å²) in [6.45, 7) is 0.000302. The fraction of sp³-hybridized carbons (Fsp3) is 0.467. The molecule has 0 aliphatic carbocycles. The van der Waals surface area contributed by atoms with Crippen LogP contribution in [0.1, 0.15) is 24.8 Å². The molecular formula is C15H18N2O3S. The predicted octanol–water partition coefficient (Wildman–Crippen LogP) is 1.14. The molecule has 0 aromatic heterocycles. The molecule has 2 aliphatic rings. The van der Waals surface area contributed by atoms with Crippen molar-refractivity contribution in [3.05, 3.63) is 29.8 Å². The van der Waals surface area contributed by atoms with Gasteiger partial charge in [-0.25, -0.2) is 0 Å². The molecule has 1 amide bonds. The Bertz CT molecular complexity index is 546. The van der Waals surface area contributed by atoms with E-state index in [-0.39, 0.29) is 24.7 Å². The molecule has 1 aromatic rings. The number of fused-ring (bicyclic) bond motifs is 2. The topological polar surface area (TPSA) is 73.6 Å². The molecule has 3 N–H and O–H groups in total. The van der Waals surface area contributed by atoms with Crippen LogP contribution in [-0.2, 0) is 9.53 Å². The molecule has 2 bridgehead atoms. The van der Waals surface area contributed by atoms with E-state index in [0.29, 0.717) is 16.8 Å². The molecule has 0 spiro atoms. The maximum absolute atomic E-state index is 11.9. The lowest BCUT2D eigenvalue weighted by Gasteiger charge is -2.20. The van der Waals surface area contributed by atoms with Gasteiger partial charge in [0.25, 0.3) is 5.91 Å². The van der Waals surface area contributed by atoms with E-state index < -0.39 is 0 Å². The van der Waals surface area contributed by atoms with Crippen molar-refractivity contribution < 1.29 is 14.3 Å². The lowest BCUT2D eigenvalue weighted by Crippen LogP contribution is -2.43. The average Bonchev–Trinajstić information content (AvgIpc) is 3.08. The van der Waals surface area contributed by atoms with E-state index in [2.05, 4.69) is 5.32 Å². The second-order valence-corrected chi connectivity index (χ2v) is 5.90. The van der Waals surface area contributed by atoms with Crippen LogP contribution in [0.5, 0.6) is 5.75 Å². The minimum atomic E-state index is -0.116. The van der Waals surface area contributed by atoms with Gasteiger partial charge in [0, 0.05) is 5.56 Å². The molecule has 1 aromatic carbocycles. The van der Waals surface area contributed by atoms with Crippen molar-refractivity contribution in [2.75, 3.05) is 6.61 Å². The molecule has 6 heteroatoms. The number of carbonyl (C=O) groups is 1. The summed E-state index contributed by atoms with van der Waals surface area (Å²) in [5.74, 6) is 0.504. The van der Waals surface area contributed by atoms with Gasteiger partial charge in [-0.15, -0.1) is 0 Å². The predicted molar refractivity (Wildman–Crippen MR) is 82.3 cm³/mol. The van der Waals surface area contributed by atoms with Crippen LogP contribution in [0.15, 0.2) is 24.3 Å². The van der Waals surface area contributed by atoms with Crippen molar-refractivity contribution in [1.29, 1.82) is 0 Å². The Balaban J connectivity index is 1.46. The molecule has 2 heterocycles. The number of nitrogens with one attached hydrogen (secondary N) is 1. The van der Waals surface area contributed by atoms with Gasteiger partial charge in [-0.2, -0.15) is 0 Å². The van der Waals surface area contributed by atoms with Gasteiger partial charge in [-0.05, 0) is 43.5 Å². The number of carbonyl (C=O) groups excluding carboxylic acids is 1. The van der Waals surface area contributed by atoms with Crippen LogP contribution >= 0.6 is 12.2 Å². The van der Waals surface area contributed by atoms with Gasteiger partial charge >= 0.3 is 0 Å². The lowest BCUT2D eigenvalue weighted by molar-refractivity contribution is -0.124. The van der Waals surface area contributed by atoms with Crippen molar-refractivity contribution in [2.45, 2.75) is 37.5 Å². The third-order valence-corrected chi connectivity index (χ3v) is 4.20. The standard InChI is InChI=1S/C15H18N2O3S/c16-15(21)9-1-3-10(4-2-9)19-8-14(18)17-12-7-11-5-6-13(12)20-11/h1-4,11-13H,5-8H2,(H2,16,21)(H,17,18). The molecule has 21 heavy (non-hydrogen) atoms. The second-order valence-electron chi connectivity index (χ2n) is 5.46. The number of thiocarbonyl (C=S) groups is 1. The van der Waals surface area contributed by atoms with Crippen molar-refractivity contribution in [1.82, 2.24) is 5.32 Å². The Morgan fingerprint density at radius 1 is 1.38 bits per heavy atom. The highest BCUT2D eigenvalue weighted by Crippen LogP contribution is 2.34. The molecule has 2 fully saturated rings. The van der Waals surface area contributed by atoms with Crippen molar-refractivity contribution in [2.24, 2.45) is 5.73 Å². The van der Waals surface area contributed by atoms with Gasteiger partial charge in [-0.3, -0.25) is 4.79 Å². The van der Waals surface area contributed by atoms with Gasteiger partial charge in [0.2, 0.25) is 0 Å². The van der Waals surface area contributed by atoms with E-state index in [9.17, 15) is 4.79 Å². The summed E-state index contributed by atoms with van der Waals surface area (Å²) in [7, 11) is 0. The summed E-state index contributed by atoms with van der Waals surface area (Å²) < 4.78 is 11.2. The maximum atomic E-state index is 11.9. The second kappa shape index (κ2) is 5.99. The monoisotopic (exact) mass is 306 g/mol. The number of benzene rings is 1. The molecule has 112 valence electrons. The van der Waals surface area contributed by atoms with Crippen LogP contribution in [0.25, 0.3) is 0 Å². The first-order valence-electron chi connectivity index (χ1n) is 7.09. The summed E-state index contributed by atoms with van der Waals surface area (Å²) >= 11 is 4.88. The molecule has 5 nitrogen and oxygen atoms in total. The zero-order valence-corrected chi connectivity index (χ0v) is 12.4. The van der Waals surface area contributed by atoms with E-state index in [1.54, 1.807) is 24.3 Å². The number of hydrogen-bond acceptors (Lipinski definition) is 4. The Labute approximate surface area is 128 Å². The minimum Gasteiger partial charge on any atom is -0.484 e. The summed E-state index contributed by atoms with van der Waals surface area (Å²) in [4.78, 5) is 12.2. The molecular weight excluding hydrogens is 288 g/mol. The highest BCUT2D eigenvalue weighted by atomic mass is 32.1. The fourth-order valence-electron chi connectivity index (χ4n) is 2.90. The summed E-state index contributed by atoms with van der Waals surface area (Å²) in [5, 5.41) is 2.98. The normalized spacial score (nSPS) is 26.6. The minimum absolute atomic E-state index is 0.000302. The van der Waals surface area contributed by atoms with Gasteiger partial charge in [0.1, 0.15) is 10.7 Å². The first-order valence-corrected chi connectivity index (χ1v) is 7.50. The summed E-state index contributed by atoms with van der Waals surface area (Å²) in [6, 6.07) is 7.20. The highest BCUT2D eigenvalue weighted by molar-refractivity contribution is 7.80. The number of hydrogen-bond donors (Lipinski definition) is 2. The Hall–Kier alpha value is -1.66. The average molecular weight is 306 g/mol. The number of ether oxygens (including phenoxy) is 2. The SMILES string of the molecule is NC(=S)c1ccc(OCC(=O)NC2CC3CCC2O3)cc1. The Morgan fingerprint density at radius 3 is 2.71 bits per heavy atom. The molecule has 0 radical (unpaired) electrons. The number of nitrogens with two attached hydrogens (primary N) is 1. The van der Waals surface area contributed by atoms with E-state index in [1.807, 2.05) is 0 Å². The first-order chi connectivity index (χ1) is 10.1. The molecule has 0 saturated carbocycles. The fourth-order valence-corrected chi connectivity index (χ4v) is 3.04. The molecule has 3 atom stereocenters. The Morgan fingerprint density at radius 2 is 2.14 bits per heavy atom. The summed E-state index contributed by atoms with van der Waals surface area (Å²) in [5.41, 5.74) is 6.30. The van der Waals surface area contributed by atoms with Crippen LogP contribution in [-0.4, -0.2) is 35.8 Å². The van der Waals surface area contributed by atoms with Gasteiger partial charge in [0.05, 0.1) is 18.2 Å². The van der Waals surface area contributed by atoms with Crippen molar-refractivity contribution in [3.63, 3.8) is 0 Å². The van der Waals surface area contributed by atoms with E-state index >= 15 is 0 Å². The highest BCUT2D eigenvalue weighted by Gasteiger charge is 2.41. The third kappa shape index (κ3) is 3.33.